The van der Waals surface area contributed by atoms with Crippen molar-refractivity contribution in [1.82, 2.24) is 73.8 Å². The van der Waals surface area contributed by atoms with Gasteiger partial charge in [0.2, 0.25) is 41.4 Å². The van der Waals surface area contributed by atoms with E-state index < -0.39 is 96.2 Å². The van der Waals surface area contributed by atoms with Crippen molar-refractivity contribution in [3.8, 4) is 5.75 Å². The van der Waals surface area contributed by atoms with Gasteiger partial charge in [0.15, 0.2) is 0 Å². The van der Waals surface area contributed by atoms with E-state index >= 15 is 0 Å². The largest absolute Gasteiger partial charge is 0.490 e. The van der Waals surface area contributed by atoms with E-state index in [9.17, 15) is 52.7 Å². The number of carbonyl (C=O) groups excluding carboxylic acids is 11. The van der Waals surface area contributed by atoms with Gasteiger partial charge in [-0.2, -0.15) is 0 Å². The Labute approximate surface area is 716 Å². The summed E-state index contributed by atoms with van der Waals surface area (Å²) in [6.07, 6.45) is 18.1. The summed E-state index contributed by atoms with van der Waals surface area (Å²) in [5.41, 5.74) is 14.8. The Morgan fingerprint density at radius 2 is 0.893 bits per heavy atom. The van der Waals surface area contributed by atoms with Crippen LogP contribution in [0.1, 0.15) is 234 Å². The lowest BCUT2D eigenvalue weighted by molar-refractivity contribution is -0.157. The summed E-state index contributed by atoms with van der Waals surface area (Å²) in [4.78, 5) is 145. The fourth-order valence-corrected chi connectivity index (χ4v) is 15.2. The van der Waals surface area contributed by atoms with Crippen LogP contribution in [-0.2, 0) is 67.0 Å². The first-order valence-electron chi connectivity index (χ1n) is 43.3. The summed E-state index contributed by atoms with van der Waals surface area (Å²) in [7, 11) is 3.10. The summed E-state index contributed by atoms with van der Waals surface area (Å²) in [6, 6.07) is 16.6. The molecular weight excluding hydrogens is 1540 g/mol. The zero-order valence-electron chi connectivity index (χ0n) is 74.7. The number of hydrogen-bond acceptors (Lipinski definition) is 19. The van der Waals surface area contributed by atoms with Crippen molar-refractivity contribution >= 4 is 77.2 Å². The van der Waals surface area contributed by atoms with E-state index in [0.717, 1.165) is 52.8 Å². The average molecular weight is 1680 g/mol. The van der Waals surface area contributed by atoms with Gasteiger partial charge >= 0.3 is 5.97 Å². The highest BCUT2D eigenvalue weighted by Crippen LogP contribution is 2.31. The third kappa shape index (κ3) is 29.5. The molecule has 121 heavy (non-hydrogen) atoms. The van der Waals surface area contributed by atoms with Gasteiger partial charge in [0.25, 0.3) is 17.7 Å². The predicted molar refractivity (Wildman–Crippen MR) is 466 cm³/mol. The molecule has 666 valence electrons. The Morgan fingerprint density at radius 1 is 0.455 bits per heavy atom. The van der Waals surface area contributed by atoms with Crippen molar-refractivity contribution in [2.75, 3.05) is 40.5 Å². The van der Waals surface area contributed by atoms with Crippen molar-refractivity contribution in [3.05, 3.63) is 137 Å². The molecule has 3 fully saturated rings. The summed E-state index contributed by atoms with van der Waals surface area (Å²) in [6.45, 7) is 37.7. The first-order chi connectivity index (χ1) is 57.3. The van der Waals surface area contributed by atoms with Crippen molar-refractivity contribution in [1.29, 1.82) is 0 Å². The lowest BCUT2D eigenvalue weighted by atomic mass is 9.83. The van der Waals surface area contributed by atoms with E-state index in [1.807, 2.05) is 142 Å². The van der Waals surface area contributed by atoms with Crippen LogP contribution in [0.25, 0.3) is 12.2 Å². The molecular formula is C92H138N14O15. The molecule has 0 aliphatic carbocycles. The zero-order chi connectivity index (χ0) is 89.1. The fraction of sp³-hybridized carbons (Fsp3) is 0.598. The number of benzene rings is 3. The molecule has 0 unspecified atom stereocenters. The third-order valence-electron chi connectivity index (χ3n) is 23.0. The molecule has 0 aromatic heterocycles. The second-order valence-corrected chi connectivity index (χ2v) is 35.1. The van der Waals surface area contributed by atoms with E-state index in [4.69, 9.17) is 18.9 Å². The quantitative estimate of drug-likeness (QED) is 0.0808. The number of nitrogens with one attached hydrogen (secondary N) is 11. The van der Waals surface area contributed by atoms with Crippen LogP contribution < -0.4 is 63.5 Å². The van der Waals surface area contributed by atoms with Crippen LogP contribution >= 0.6 is 0 Å². The van der Waals surface area contributed by atoms with Crippen LogP contribution in [0.15, 0.2) is 109 Å². The highest BCUT2D eigenvalue weighted by molar-refractivity contribution is 5.95. The molecule has 3 aromatic carbocycles. The Balaban J connectivity index is 0.000000250. The molecule has 6 heterocycles. The van der Waals surface area contributed by atoms with Crippen molar-refractivity contribution in [2.45, 2.75) is 273 Å². The Bertz CT molecular complexity index is 4120. The molecule has 0 radical (unpaired) electrons. The summed E-state index contributed by atoms with van der Waals surface area (Å²) in [5.74, 6) is -4.35. The molecule has 0 saturated carbocycles. The Kier molecular flexibility index (Phi) is 38.2. The minimum atomic E-state index is -0.874. The summed E-state index contributed by atoms with van der Waals surface area (Å²) < 4.78 is 22.9. The molecule has 29 heteroatoms. The molecule has 6 aliphatic rings. The average Bonchev–Trinajstić information content (AvgIpc) is 0.837. The van der Waals surface area contributed by atoms with Crippen LogP contribution in [0.5, 0.6) is 5.75 Å². The van der Waals surface area contributed by atoms with Crippen molar-refractivity contribution in [2.24, 2.45) is 40.9 Å². The second kappa shape index (κ2) is 47.0. The van der Waals surface area contributed by atoms with Crippen LogP contribution in [0.2, 0.25) is 0 Å². The van der Waals surface area contributed by atoms with Gasteiger partial charge in [-0.3, -0.25) is 67.8 Å². The first kappa shape index (κ1) is 98.3. The number of fused-ring (bicyclic) bond motifs is 12. The van der Waals surface area contributed by atoms with Gasteiger partial charge < -0.3 is 61.5 Å². The van der Waals surface area contributed by atoms with Gasteiger partial charge in [-0.05, 0) is 192 Å². The highest BCUT2D eigenvalue weighted by Gasteiger charge is 2.40. The normalized spacial score (nSPS) is 29.5. The maximum absolute atomic E-state index is 13.4. The van der Waals surface area contributed by atoms with Crippen molar-refractivity contribution in [3.63, 3.8) is 0 Å². The smallest absolute Gasteiger partial charge is 0.325 e. The maximum Gasteiger partial charge on any atom is 0.325 e. The lowest BCUT2D eigenvalue weighted by Gasteiger charge is -2.36. The molecule has 3 saturated heterocycles. The van der Waals surface area contributed by atoms with E-state index in [2.05, 4.69) is 104 Å². The molecule has 11 N–H and O–H groups in total. The van der Waals surface area contributed by atoms with Crippen LogP contribution in [0.3, 0.4) is 0 Å². The van der Waals surface area contributed by atoms with Crippen LogP contribution in [-0.4, -0.2) is 187 Å². The zero-order valence-corrected chi connectivity index (χ0v) is 74.7. The van der Waals surface area contributed by atoms with E-state index in [1.54, 1.807) is 53.9 Å². The summed E-state index contributed by atoms with van der Waals surface area (Å²) >= 11 is 0. The van der Waals surface area contributed by atoms with Crippen molar-refractivity contribution < 1.29 is 71.7 Å². The molecule has 3 aromatic rings. The predicted octanol–water partition coefficient (Wildman–Crippen LogP) is 9.35. The highest BCUT2D eigenvalue weighted by atomic mass is 16.5. The molecule has 0 spiro atoms. The molecule has 10 amide bonds. The van der Waals surface area contributed by atoms with E-state index in [1.165, 1.54) is 22.1 Å². The number of amides is 10. The van der Waals surface area contributed by atoms with Gasteiger partial charge in [0.05, 0.1) is 36.1 Å². The number of allylic oxidation sites excluding steroid dienone is 3. The van der Waals surface area contributed by atoms with Gasteiger partial charge in [-0.1, -0.05) is 169 Å². The monoisotopic (exact) mass is 1680 g/mol. The molecule has 16 atom stereocenters. The molecule has 12 bridgehead atoms. The Hall–Kier alpha value is -9.81. The number of esters is 1. The molecule has 6 aliphatic heterocycles. The maximum atomic E-state index is 13.4. The van der Waals surface area contributed by atoms with Gasteiger partial charge in [0.1, 0.15) is 72.8 Å². The standard InChI is InChI=1S/C31H47N5O6.C31H47N5O3.C30H44N4O6/c1-18(2)26-22-11-8-12-23(17-22)42-16-10-14-25(41-7)20(5)28(37)34-27(19(3)4)30(39)32-21(6)31(40)36-15-9-13-24(35-36)29(38)33-26;1-20(2)27-29(38)34-23(5)30(39)36-18-10-14-26(35-36)28(37)33-22(4)25-13-8-11-24(19-25)12-9-16-31(6,7)17-15-21(3)32-27;1-18(2)26-28(36)31-20(4)29(37)34-16-10-14-24(33-34)30(38)40-21(5)23-13-9-12-22(17-23)11-7-8-15-25(39-6)19(3)27(35)32-26/h8,10-12,14,17-21,24-27,35H,9,13,15-16H2,1-7H3,(H,32,39)(H,33,38)(H,34,37);8-9,11-13,19-20,22-23,26-27,32,35H,3,10,14-18H2,1-2,4-7H3,(H,33,37)(H,34,38);7,9,11-13,17-21,24-26,33H,8,10,14-16H2,1-6H3,(H,31,36)(H,32,35)/b14-10+;12-9+;11-7+/t20-,21+,24+,25-,26-,27+;22-,23+,26+,27+;19-,20+,21+,24+,25-,26+/m111/s1. The van der Waals surface area contributed by atoms with Crippen LogP contribution in [0, 0.1) is 40.9 Å². The number of rotatable bonds is 6. The minimum Gasteiger partial charge on any atom is -0.490 e. The minimum absolute atomic E-state index is 0.00415. The fourth-order valence-electron chi connectivity index (χ4n) is 15.2. The molecule has 9 rings (SSSR count). The van der Waals surface area contributed by atoms with E-state index in [0.29, 0.717) is 76.8 Å². The second-order valence-electron chi connectivity index (χ2n) is 35.1. The van der Waals surface area contributed by atoms with Crippen LogP contribution in [0.4, 0.5) is 0 Å². The number of methoxy groups -OCH3 is 2. The topological polar surface area (TPSA) is 367 Å². The third-order valence-corrected chi connectivity index (χ3v) is 23.0. The summed E-state index contributed by atoms with van der Waals surface area (Å²) in [5, 5.41) is 27.9. The van der Waals surface area contributed by atoms with E-state index in [-0.39, 0.29) is 101 Å². The first-order valence-corrected chi connectivity index (χ1v) is 43.3. The SMILES string of the molecule is C=C1CCC(C)(C)C/C=C/c2cccc(c2)[C@@H](C)NC(=O)[C@@H]2CCCN(N2)C(=O)[C@H](C)NC(=O)[C@H](C(C)C)N1.CO[C@@H]1/C=C/COc2cccc(c2)[C@@H](C(C)C)NC(=O)[C@@H]2CCCN(N2)C(=O)[C@H](C)NC(=O)[C@H](C(C)C)NC(=O)[C@@H]1C.CO[C@@H]1CC/C=C/c2cccc(c2)[C@H](C)OC(=O)[C@@H]2CCCN(N2)C(=O)[C@H](C)NC(=O)[C@H](C(C)C)NC(=O)[C@@H]1C. The van der Waals surface area contributed by atoms with Gasteiger partial charge in [0, 0.05) is 39.6 Å². The molecule has 29 nitrogen and oxygen atoms in total. The number of ether oxygens (including phenoxy) is 4. The van der Waals surface area contributed by atoms with Gasteiger partial charge in [-0.15, -0.1) is 0 Å². The number of carbonyl (C=O) groups is 11. The number of hydrazine groups is 3. The number of cyclic esters (lactones) is 1. The Morgan fingerprint density at radius 3 is 1.40 bits per heavy atom. The number of hydrogen-bond donors (Lipinski definition) is 11. The number of nitrogens with zero attached hydrogens (tertiary/aromatic N) is 3. The lowest BCUT2D eigenvalue weighted by Crippen LogP contribution is -2.62. The van der Waals surface area contributed by atoms with Gasteiger partial charge in [-0.25, -0.2) is 16.3 Å².